The zero-order valence-corrected chi connectivity index (χ0v) is 8.43. The highest BCUT2D eigenvalue weighted by Crippen LogP contribution is 2.23. The van der Waals surface area contributed by atoms with Crippen molar-refractivity contribution in [3.63, 3.8) is 0 Å². The van der Waals surface area contributed by atoms with E-state index in [-0.39, 0.29) is 18.5 Å². The molecule has 1 aliphatic carbocycles. The van der Waals surface area contributed by atoms with Crippen molar-refractivity contribution in [1.29, 1.82) is 0 Å². The van der Waals surface area contributed by atoms with Gasteiger partial charge in [0, 0.05) is 12.6 Å². The van der Waals surface area contributed by atoms with Gasteiger partial charge in [-0.3, -0.25) is 0 Å². The van der Waals surface area contributed by atoms with Gasteiger partial charge >= 0.3 is 5.76 Å². The highest BCUT2D eigenvalue weighted by Gasteiger charge is 2.28. The molecule has 0 aromatic carbocycles. The van der Waals surface area contributed by atoms with Gasteiger partial charge in [-0.15, -0.1) is 0 Å². The van der Waals surface area contributed by atoms with Crippen LogP contribution in [0.25, 0.3) is 0 Å². The summed E-state index contributed by atoms with van der Waals surface area (Å²) in [7, 11) is -4.45. The number of rotatable bonds is 4. The van der Waals surface area contributed by atoms with Crippen LogP contribution in [-0.4, -0.2) is 26.8 Å². The molecule has 14 heavy (non-hydrogen) atoms. The van der Waals surface area contributed by atoms with Gasteiger partial charge < -0.3 is 5.73 Å². The molecular formula is C7H14F2N2O2S. The maximum absolute atomic E-state index is 11.9. The smallest absolute Gasteiger partial charge is 0.327 e. The average molecular weight is 228 g/mol. The Bertz CT molecular complexity index is 281. The number of alkyl halides is 2. The molecule has 1 aliphatic rings. The summed E-state index contributed by atoms with van der Waals surface area (Å²) in [4.78, 5) is 0. The second-order valence-electron chi connectivity index (χ2n) is 3.51. The normalized spacial score (nSPS) is 28.6. The molecule has 84 valence electrons. The lowest BCUT2D eigenvalue weighted by atomic mass is 10.1. The first kappa shape index (κ1) is 11.8. The summed E-state index contributed by atoms with van der Waals surface area (Å²) in [5, 5.41) is 0. The van der Waals surface area contributed by atoms with E-state index >= 15 is 0 Å². The fourth-order valence-corrected chi connectivity index (χ4v) is 2.18. The zero-order chi connectivity index (χ0) is 10.8. The van der Waals surface area contributed by atoms with E-state index in [2.05, 4.69) is 0 Å². The molecule has 0 spiro atoms. The van der Waals surface area contributed by atoms with Crippen LogP contribution in [0, 0.1) is 5.92 Å². The highest BCUT2D eigenvalue weighted by molar-refractivity contribution is 7.89. The molecule has 0 amide bonds. The third-order valence-corrected chi connectivity index (χ3v) is 3.54. The van der Waals surface area contributed by atoms with Crippen molar-refractivity contribution in [2.24, 2.45) is 11.7 Å². The number of nitrogens with one attached hydrogen (secondary N) is 1. The van der Waals surface area contributed by atoms with Crippen LogP contribution < -0.4 is 10.5 Å². The predicted molar refractivity (Wildman–Crippen MR) is 48.2 cm³/mol. The molecule has 0 heterocycles. The van der Waals surface area contributed by atoms with Crippen LogP contribution in [0.2, 0.25) is 0 Å². The van der Waals surface area contributed by atoms with Gasteiger partial charge in [0.05, 0.1) is 0 Å². The SMILES string of the molecule is NC1CCCC1CNS(=O)(=O)C(F)F. The molecule has 0 aromatic rings. The van der Waals surface area contributed by atoms with Crippen molar-refractivity contribution >= 4 is 10.0 Å². The standard InChI is InChI=1S/C7H14F2N2O2S/c8-7(9)14(12,13)11-4-5-2-1-3-6(5)10/h5-7,11H,1-4,10H2. The summed E-state index contributed by atoms with van der Waals surface area (Å²) in [5.74, 6) is -3.37. The number of hydrogen-bond donors (Lipinski definition) is 2. The van der Waals surface area contributed by atoms with E-state index in [4.69, 9.17) is 5.73 Å². The first-order valence-electron chi connectivity index (χ1n) is 4.45. The molecule has 0 radical (unpaired) electrons. The minimum absolute atomic E-state index is 0.0106. The van der Waals surface area contributed by atoms with Crippen molar-refractivity contribution in [2.75, 3.05) is 6.54 Å². The summed E-state index contributed by atoms with van der Waals surface area (Å²) in [6, 6.07) is -0.0737. The lowest BCUT2D eigenvalue weighted by Crippen LogP contribution is -2.38. The number of halogens is 2. The van der Waals surface area contributed by atoms with Crippen LogP contribution in [0.4, 0.5) is 8.78 Å². The first-order valence-corrected chi connectivity index (χ1v) is 6.00. The lowest BCUT2D eigenvalue weighted by molar-refractivity contribution is 0.231. The number of nitrogens with two attached hydrogens (primary N) is 1. The van der Waals surface area contributed by atoms with E-state index in [0.717, 1.165) is 19.3 Å². The van der Waals surface area contributed by atoms with Gasteiger partial charge in [-0.25, -0.2) is 13.1 Å². The Morgan fingerprint density at radius 2 is 2.07 bits per heavy atom. The summed E-state index contributed by atoms with van der Waals surface area (Å²) < 4.78 is 47.1. The Morgan fingerprint density at radius 3 is 2.50 bits per heavy atom. The van der Waals surface area contributed by atoms with Crippen LogP contribution in [0.1, 0.15) is 19.3 Å². The summed E-state index contributed by atoms with van der Waals surface area (Å²) in [6.45, 7) is 0.0217. The monoisotopic (exact) mass is 228 g/mol. The van der Waals surface area contributed by atoms with Gasteiger partial charge in [0.15, 0.2) is 0 Å². The van der Waals surface area contributed by atoms with Gasteiger partial charge in [0.25, 0.3) is 10.0 Å². The fraction of sp³-hybridized carbons (Fsp3) is 1.00. The number of sulfonamides is 1. The average Bonchev–Trinajstić information content (AvgIpc) is 2.47. The molecule has 2 atom stereocenters. The van der Waals surface area contributed by atoms with E-state index in [1.807, 2.05) is 4.72 Å². The Balaban J connectivity index is 2.40. The molecule has 1 fully saturated rings. The second-order valence-corrected chi connectivity index (χ2v) is 5.24. The lowest BCUT2D eigenvalue weighted by Gasteiger charge is -2.15. The van der Waals surface area contributed by atoms with Crippen LogP contribution >= 0.6 is 0 Å². The predicted octanol–water partition coefficient (Wildman–Crippen LogP) is 0.256. The molecule has 7 heteroatoms. The molecule has 2 unspecified atom stereocenters. The molecule has 0 aromatic heterocycles. The Morgan fingerprint density at radius 1 is 1.43 bits per heavy atom. The summed E-state index contributed by atoms with van der Waals surface area (Å²) in [5.41, 5.74) is 5.66. The largest absolute Gasteiger partial charge is 0.350 e. The van der Waals surface area contributed by atoms with Crippen LogP contribution in [0.5, 0.6) is 0 Å². The van der Waals surface area contributed by atoms with Crippen molar-refractivity contribution in [3.8, 4) is 0 Å². The highest BCUT2D eigenvalue weighted by atomic mass is 32.2. The molecule has 4 nitrogen and oxygen atoms in total. The molecule has 0 aliphatic heterocycles. The van der Waals surface area contributed by atoms with Gasteiger partial charge in [0.1, 0.15) is 0 Å². The first-order chi connectivity index (χ1) is 6.43. The topological polar surface area (TPSA) is 72.2 Å². The van der Waals surface area contributed by atoms with Crippen molar-refractivity contribution < 1.29 is 17.2 Å². The van der Waals surface area contributed by atoms with E-state index < -0.39 is 15.8 Å². The van der Waals surface area contributed by atoms with Gasteiger partial charge in [0.2, 0.25) is 0 Å². The van der Waals surface area contributed by atoms with Crippen molar-refractivity contribution in [1.82, 2.24) is 4.72 Å². The van der Waals surface area contributed by atoms with Gasteiger partial charge in [-0.2, -0.15) is 8.78 Å². The summed E-state index contributed by atoms with van der Waals surface area (Å²) >= 11 is 0. The van der Waals surface area contributed by atoms with Crippen LogP contribution in [-0.2, 0) is 10.0 Å². The van der Waals surface area contributed by atoms with Gasteiger partial charge in [-0.1, -0.05) is 6.42 Å². The Labute approximate surface area is 81.9 Å². The van der Waals surface area contributed by atoms with Crippen molar-refractivity contribution in [3.05, 3.63) is 0 Å². The fourth-order valence-electron chi connectivity index (χ4n) is 1.61. The number of hydrogen-bond acceptors (Lipinski definition) is 3. The summed E-state index contributed by atoms with van der Waals surface area (Å²) in [6.07, 6.45) is 2.57. The molecule has 1 saturated carbocycles. The minimum atomic E-state index is -4.45. The maximum atomic E-state index is 11.9. The van der Waals surface area contributed by atoms with Gasteiger partial charge in [-0.05, 0) is 18.8 Å². The second kappa shape index (κ2) is 4.50. The zero-order valence-electron chi connectivity index (χ0n) is 7.62. The van der Waals surface area contributed by atoms with Crippen LogP contribution in [0.15, 0.2) is 0 Å². The maximum Gasteiger partial charge on any atom is 0.350 e. The minimum Gasteiger partial charge on any atom is -0.327 e. The Hall–Kier alpha value is -0.270. The van der Waals surface area contributed by atoms with E-state index in [1.165, 1.54) is 0 Å². The van der Waals surface area contributed by atoms with Crippen LogP contribution in [0.3, 0.4) is 0 Å². The third kappa shape index (κ3) is 2.86. The van der Waals surface area contributed by atoms with E-state index in [0.29, 0.717) is 0 Å². The molecule has 3 N–H and O–H groups in total. The van der Waals surface area contributed by atoms with E-state index in [9.17, 15) is 17.2 Å². The third-order valence-electron chi connectivity index (χ3n) is 2.50. The molecule has 0 saturated heterocycles. The van der Waals surface area contributed by atoms with Crippen molar-refractivity contribution in [2.45, 2.75) is 31.1 Å². The Kier molecular flexibility index (Phi) is 3.79. The molecule has 1 rings (SSSR count). The molecular weight excluding hydrogens is 214 g/mol. The molecule has 0 bridgehead atoms. The quantitative estimate of drug-likeness (QED) is 0.724. The van der Waals surface area contributed by atoms with E-state index in [1.54, 1.807) is 0 Å².